The number of pyridine rings is 1. The summed E-state index contributed by atoms with van der Waals surface area (Å²) in [6, 6.07) is 9.19. The van der Waals surface area contributed by atoms with E-state index in [1.165, 1.54) is 9.80 Å². The maximum atomic E-state index is 14.2. The second-order valence-electron chi connectivity index (χ2n) is 11.1. The molecule has 0 spiro atoms. The Kier molecular flexibility index (Phi) is 9.17. The van der Waals surface area contributed by atoms with E-state index in [0.29, 0.717) is 37.6 Å². The molecule has 3 atom stereocenters. The number of β-amino-alcohol motifs (C(OH)–C–C–N with tert-alkyl or cyclic N) is 1. The van der Waals surface area contributed by atoms with Crippen LogP contribution in [-0.2, 0) is 19.7 Å². The molecule has 2 N–H and O–H groups in total. The van der Waals surface area contributed by atoms with Gasteiger partial charge in [-0.3, -0.25) is 29.3 Å². The van der Waals surface area contributed by atoms with Crippen LogP contribution in [0.25, 0.3) is 0 Å². The van der Waals surface area contributed by atoms with Gasteiger partial charge in [-0.15, -0.1) is 0 Å². The van der Waals surface area contributed by atoms with Gasteiger partial charge in [-0.05, 0) is 29.2 Å². The molecule has 0 bridgehead atoms. The van der Waals surface area contributed by atoms with Gasteiger partial charge in [0.25, 0.3) is 5.91 Å². The number of hydrogen-bond acceptors (Lipinski definition) is 8. The fourth-order valence-corrected chi connectivity index (χ4v) is 5.06. The number of likely N-dealkylation sites (tertiary alicyclic amines) is 1. The van der Waals surface area contributed by atoms with Gasteiger partial charge in [-0.2, -0.15) is 5.26 Å². The zero-order chi connectivity index (χ0) is 28.0. The summed E-state index contributed by atoms with van der Waals surface area (Å²) in [5, 5.41) is 23.0. The Hall–Kier alpha value is -3.52. The molecule has 0 aliphatic carbocycles. The Bertz CT molecular complexity index is 1160. The van der Waals surface area contributed by atoms with E-state index in [0.717, 1.165) is 18.7 Å². The fourth-order valence-electron chi connectivity index (χ4n) is 5.06. The first-order valence-corrected chi connectivity index (χ1v) is 13.4. The van der Waals surface area contributed by atoms with E-state index in [4.69, 9.17) is 4.74 Å². The Morgan fingerprint density at radius 3 is 2.56 bits per heavy atom. The SMILES string of the molecule is CC(C)(C)c1ccc(N(C(=O)[C@H]2C[C@@H](O)CN2C#N)C(C(=O)NCCN2CCOCC2)c2cccnc2)cc1. The second kappa shape index (κ2) is 12.6. The highest BCUT2D eigenvalue weighted by atomic mass is 16.5. The summed E-state index contributed by atoms with van der Waals surface area (Å²) in [5.41, 5.74) is 2.07. The van der Waals surface area contributed by atoms with Crippen LogP contribution in [-0.4, -0.2) is 89.8 Å². The molecule has 10 nitrogen and oxygen atoms in total. The number of aromatic nitrogens is 1. The zero-order valence-electron chi connectivity index (χ0n) is 22.9. The van der Waals surface area contributed by atoms with Crippen molar-refractivity contribution < 1.29 is 19.4 Å². The molecule has 2 saturated heterocycles. The van der Waals surface area contributed by atoms with Gasteiger partial charge in [0.15, 0.2) is 6.19 Å². The number of carbonyl (C=O) groups excluding carboxylic acids is 2. The molecule has 2 amide bonds. The van der Waals surface area contributed by atoms with Crippen LogP contribution in [0.15, 0.2) is 48.8 Å². The summed E-state index contributed by atoms with van der Waals surface area (Å²) in [6.07, 6.45) is 4.55. The largest absolute Gasteiger partial charge is 0.391 e. The third kappa shape index (κ3) is 6.92. The number of carbonyl (C=O) groups is 2. The Morgan fingerprint density at radius 2 is 1.95 bits per heavy atom. The number of hydrogen-bond donors (Lipinski definition) is 2. The van der Waals surface area contributed by atoms with Crippen LogP contribution in [0, 0.1) is 11.5 Å². The monoisotopic (exact) mass is 534 g/mol. The minimum atomic E-state index is -1.02. The van der Waals surface area contributed by atoms with Gasteiger partial charge in [0.1, 0.15) is 12.1 Å². The molecule has 1 unspecified atom stereocenters. The zero-order valence-corrected chi connectivity index (χ0v) is 22.9. The Balaban J connectivity index is 1.69. The number of aliphatic hydroxyl groups is 1. The number of nitriles is 1. The number of nitrogens with zero attached hydrogens (tertiary/aromatic N) is 5. The number of rotatable bonds is 8. The van der Waals surface area contributed by atoms with Crippen molar-refractivity contribution in [2.45, 2.75) is 50.8 Å². The molecule has 0 radical (unpaired) electrons. The van der Waals surface area contributed by atoms with Gasteiger partial charge in [-0.1, -0.05) is 39.0 Å². The lowest BCUT2D eigenvalue weighted by atomic mass is 9.87. The number of aliphatic hydroxyl groups excluding tert-OH is 1. The lowest BCUT2D eigenvalue weighted by molar-refractivity contribution is -0.128. The summed E-state index contributed by atoms with van der Waals surface area (Å²) in [5.74, 6) is -0.764. The van der Waals surface area contributed by atoms with E-state index in [9.17, 15) is 20.0 Å². The van der Waals surface area contributed by atoms with Crippen molar-refractivity contribution in [3.63, 3.8) is 0 Å². The molecule has 2 aliphatic rings. The first kappa shape index (κ1) is 28.5. The van der Waals surface area contributed by atoms with Crippen LogP contribution in [0.4, 0.5) is 5.69 Å². The summed E-state index contributed by atoms with van der Waals surface area (Å²) in [7, 11) is 0. The van der Waals surface area contributed by atoms with Gasteiger partial charge < -0.3 is 15.2 Å². The predicted molar refractivity (Wildman–Crippen MR) is 147 cm³/mol. The van der Waals surface area contributed by atoms with Crippen LogP contribution < -0.4 is 10.2 Å². The third-order valence-corrected chi connectivity index (χ3v) is 7.28. The minimum Gasteiger partial charge on any atom is -0.391 e. The average molecular weight is 535 g/mol. The molecule has 1 aromatic heterocycles. The molecule has 1 aromatic carbocycles. The molecule has 39 heavy (non-hydrogen) atoms. The lowest BCUT2D eigenvalue weighted by Crippen LogP contribution is -2.51. The van der Waals surface area contributed by atoms with Gasteiger partial charge in [0, 0.05) is 56.2 Å². The first-order valence-electron chi connectivity index (χ1n) is 13.4. The maximum Gasteiger partial charge on any atom is 0.251 e. The molecular formula is C29H38N6O4. The molecule has 2 aromatic rings. The van der Waals surface area contributed by atoms with E-state index in [2.05, 4.69) is 36.0 Å². The number of amides is 2. The molecule has 2 aliphatic heterocycles. The maximum absolute atomic E-state index is 14.2. The second-order valence-corrected chi connectivity index (χ2v) is 11.1. The molecule has 2 fully saturated rings. The molecule has 0 saturated carbocycles. The van der Waals surface area contributed by atoms with Crippen molar-refractivity contribution >= 4 is 17.5 Å². The quantitative estimate of drug-likeness (QED) is 0.492. The third-order valence-electron chi connectivity index (χ3n) is 7.28. The fraction of sp³-hybridized carbons (Fsp3) is 0.517. The van der Waals surface area contributed by atoms with E-state index >= 15 is 0 Å². The average Bonchev–Trinajstić information content (AvgIpc) is 3.32. The van der Waals surface area contributed by atoms with Gasteiger partial charge >= 0.3 is 0 Å². The first-order chi connectivity index (χ1) is 18.7. The Morgan fingerprint density at radius 1 is 1.23 bits per heavy atom. The van der Waals surface area contributed by atoms with Crippen LogP contribution in [0.5, 0.6) is 0 Å². The summed E-state index contributed by atoms with van der Waals surface area (Å²) < 4.78 is 5.41. The van der Waals surface area contributed by atoms with Crippen molar-refractivity contribution in [1.82, 2.24) is 20.1 Å². The smallest absolute Gasteiger partial charge is 0.251 e. The molecule has 208 valence electrons. The molecule has 10 heteroatoms. The van der Waals surface area contributed by atoms with Crippen molar-refractivity contribution in [1.29, 1.82) is 5.26 Å². The van der Waals surface area contributed by atoms with Crippen LogP contribution in [0.1, 0.15) is 44.4 Å². The van der Waals surface area contributed by atoms with Crippen molar-refractivity contribution in [2.24, 2.45) is 0 Å². The molecule has 3 heterocycles. The Labute approximate surface area is 230 Å². The van der Waals surface area contributed by atoms with Crippen molar-refractivity contribution in [3.05, 3.63) is 59.9 Å². The number of benzene rings is 1. The number of morpholine rings is 1. The van der Waals surface area contributed by atoms with Crippen molar-refractivity contribution in [3.8, 4) is 6.19 Å². The number of anilines is 1. The number of ether oxygens (including phenoxy) is 1. The normalized spacial score (nSPS) is 20.7. The van der Waals surface area contributed by atoms with Gasteiger partial charge in [-0.25, -0.2) is 0 Å². The van der Waals surface area contributed by atoms with Crippen LogP contribution >= 0.6 is 0 Å². The number of nitrogens with one attached hydrogen (secondary N) is 1. The van der Waals surface area contributed by atoms with Crippen molar-refractivity contribution in [2.75, 3.05) is 50.8 Å². The summed E-state index contributed by atoms with van der Waals surface area (Å²) in [4.78, 5) is 37.2. The molecular weight excluding hydrogens is 496 g/mol. The standard InChI is InChI=1S/C29H38N6O4/c1-29(2,3)22-6-8-23(9-7-22)35(28(38)25-17-24(36)19-34(25)20-30)26(21-5-4-10-31-18-21)27(37)32-11-12-33-13-15-39-16-14-33/h4-10,18,24-26,36H,11-17,19H2,1-3H3,(H,32,37)/t24-,25-,26?/m1/s1. The van der Waals surface area contributed by atoms with E-state index in [-0.39, 0.29) is 24.3 Å². The molecule has 4 rings (SSSR count). The highest BCUT2D eigenvalue weighted by Gasteiger charge is 2.42. The highest BCUT2D eigenvalue weighted by molar-refractivity contribution is 6.04. The van der Waals surface area contributed by atoms with Crippen LogP contribution in [0.2, 0.25) is 0 Å². The van der Waals surface area contributed by atoms with E-state index < -0.39 is 24.1 Å². The van der Waals surface area contributed by atoms with E-state index in [1.54, 1.807) is 24.5 Å². The van der Waals surface area contributed by atoms with Crippen LogP contribution in [0.3, 0.4) is 0 Å². The topological polar surface area (TPSA) is 122 Å². The lowest BCUT2D eigenvalue weighted by Gasteiger charge is -2.35. The van der Waals surface area contributed by atoms with Gasteiger partial charge in [0.05, 0.1) is 25.9 Å². The predicted octanol–water partition coefficient (Wildman–Crippen LogP) is 1.82. The summed E-state index contributed by atoms with van der Waals surface area (Å²) in [6.45, 7) is 10.4. The van der Waals surface area contributed by atoms with E-state index in [1.807, 2.05) is 30.5 Å². The summed E-state index contributed by atoms with van der Waals surface area (Å²) >= 11 is 0. The minimum absolute atomic E-state index is 0.0764. The highest BCUT2D eigenvalue weighted by Crippen LogP contribution is 2.33. The van der Waals surface area contributed by atoms with Gasteiger partial charge in [0.2, 0.25) is 5.91 Å².